The molecule has 6 nitrogen and oxygen atoms in total. The third-order valence-electron chi connectivity index (χ3n) is 4.28. The molecule has 0 spiro atoms. The number of aromatic nitrogens is 1. The van der Waals surface area contributed by atoms with Crippen LogP contribution in [0.4, 0.5) is 5.82 Å². The van der Waals surface area contributed by atoms with E-state index in [0.29, 0.717) is 33.8 Å². The van der Waals surface area contributed by atoms with Crippen molar-refractivity contribution in [2.45, 2.75) is 0 Å². The van der Waals surface area contributed by atoms with Gasteiger partial charge in [-0.15, -0.1) is 0 Å². The Morgan fingerprint density at radius 1 is 1.19 bits per heavy atom. The van der Waals surface area contributed by atoms with Crippen LogP contribution in [0.3, 0.4) is 0 Å². The van der Waals surface area contributed by atoms with Crippen LogP contribution in [0, 0.1) is 0 Å². The van der Waals surface area contributed by atoms with E-state index in [1.807, 2.05) is 0 Å². The number of carbonyl (C=O) groups is 1. The summed E-state index contributed by atoms with van der Waals surface area (Å²) in [6, 6.07) is 8.62. The number of primary amides is 1. The van der Waals surface area contributed by atoms with Gasteiger partial charge in [0.25, 0.3) is 5.91 Å². The van der Waals surface area contributed by atoms with E-state index in [0.717, 1.165) is 32.7 Å². The molecule has 0 bridgehead atoms. The van der Waals surface area contributed by atoms with Crippen LogP contribution < -0.4 is 15.4 Å². The van der Waals surface area contributed by atoms with Crippen molar-refractivity contribution in [1.29, 1.82) is 0 Å². The quantitative estimate of drug-likeness (QED) is 0.815. The lowest BCUT2D eigenvalue weighted by Gasteiger charge is -2.35. The SMILES string of the molecule is NC(=O)c1cccnc1N1CCN(CCOc2ccc(Cl)cc2Cl)CC1. The molecule has 2 N–H and O–H groups in total. The van der Waals surface area contributed by atoms with Crippen LogP contribution in [0.1, 0.15) is 10.4 Å². The molecule has 1 amide bonds. The molecule has 1 fully saturated rings. The van der Waals surface area contributed by atoms with Crippen LogP contribution in [-0.4, -0.2) is 55.1 Å². The number of carbonyl (C=O) groups excluding carboxylic acids is 1. The molecule has 138 valence electrons. The third kappa shape index (κ3) is 4.58. The van der Waals surface area contributed by atoms with E-state index in [1.165, 1.54) is 0 Å². The highest BCUT2D eigenvalue weighted by molar-refractivity contribution is 6.35. The molecular formula is C18H20Cl2N4O2. The molecule has 1 saturated heterocycles. The van der Waals surface area contributed by atoms with Crippen LogP contribution in [0.15, 0.2) is 36.5 Å². The molecule has 1 aromatic heterocycles. The monoisotopic (exact) mass is 394 g/mol. The lowest BCUT2D eigenvalue weighted by molar-refractivity contribution is 0.1000. The number of pyridine rings is 1. The number of ether oxygens (including phenoxy) is 1. The highest BCUT2D eigenvalue weighted by Gasteiger charge is 2.21. The van der Waals surface area contributed by atoms with E-state index < -0.39 is 5.91 Å². The zero-order chi connectivity index (χ0) is 18.5. The third-order valence-corrected chi connectivity index (χ3v) is 4.81. The molecule has 2 aromatic rings. The van der Waals surface area contributed by atoms with Crippen LogP contribution in [0.2, 0.25) is 10.0 Å². The molecule has 0 atom stereocenters. The first-order valence-electron chi connectivity index (χ1n) is 8.34. The van der Waals surface area contributed by atoms with Crippen molar-refractivity contribution in [2.75, 3.05) is 44.2 Å². The van der Waals surface area contributed by atoms with Crippen LogP contribution in [0.5, 0.6) is 5.75 Å². The molecule has 0 radical (unpaired) electrons. The second kappa shape index (κ2) is 8.58. The minimum absolute atomic E-state index is 0.455. The van der Waals surface area contributed by atoms with Gasteiger partial charge in [-0.2, -0.15) is 0 Å². The summed E-state index contributed by atoms with van der Waals surface area (Å²) in [6.45, 7) is 4.59. The maximum absolute atomic E-state index is 11.6. The first-order valence-corrected chi connectivity index (χ1v) is 9.10. The Hall–Kier alpha value is -2.02. The maximum Gasteiger partial charge on any atom is 0.252 e. The van der Waals surface area contributed by atoms with Crippen molar-refractivity contribution in [2.24, 2.45) is 5.73 Å². The second-order valence-electron chi connectivity index (χ2n) is 5.99. The number of hydrogen-bond donors (Lipinski definition) is 1. The Bertz CT molecular complexity index is 780. The number of nitrogens with two attached hydrogens (primary N) is 1. The van der Waals surface area contributed by atoms with Crippen molar-refractivity contribution in [3.8, 4) is 5.75 Å². The van der Waals surface area contributed by atoms with Crippen LogP contribution in [-0.2, 0) is 0 Å². The van der Waals surface area contributed by atoms with Gasteiger partial charge in [0.05, 0.1) is 10.6 Å². The van der Waals surface area contributed by atoms with E-state index in [1.54, 1.807) is 36.5 Å². The van der Waals surface area contributed by atoms with E-state index >= 15 is 0 Å². The number of nitrogens with zero attached hydrogens (tertiary/aromatic N) is 3. The number of piperazine rings is 1. The minimum Gasteiger partial charge on any atom is -0.491 e. The van der Waals surface area contributed by atoms with E-state index in [9.17, 15) is 4.79 Å². The fraction of sp³-hybridized carbons (Fsp3) is 0.333. The summed E-state index contributed by atoms with van der Waals surface area (Å²) in [6.07, 6.45) is 1.68. The van der Waals surface area contributed by atoms with Gasteiger partial charge in [0.1, 0.15) is 18.2 Å². The average molecular weight is 395 g/mol. The predicted molar refractivity (Wildman–Crippen MR) is 103 cm³/mol. The topological polar surface area (TPSA) is 71.7 Å². The van der Waals surface area contributed by atoms with Gasteiger partial charge in [0, 0.05) is 43.9 Å². The van der Waals surface area contributed by atoms with Gasteiger partial charge in [0.15, 0.2) is 0 Å². The molecule has 1 aliphatic heterocycles. The summed E-state index contributed by atoms with van der Waals surface area (Å²) in [5.41, 5.74) is 5.90. The standard InChI is InChI=1S/C18H20Cl2N4O2/c19-13-3-4-16(15(20)12-13)26-11-10-23-6-8-24(9-7-23)18-14(17(21)25)2-1-5-22-18/h1-5,12H,6-11H2,(H2,21,25). The molecule has 8 heteroatoms. The second-order valence-corrected chi connectivity index (χ2v) is 6.83. The smallest absolute Gasteiger partial charge is 0.252 e. The zero-order valence-corrected chi connectivity index (χ0v) is 15.7. The molecular weight excluding hydrogens is 375 g/mol. The van der Waals surface area contributed by atoms with Crippen LogP contribution >= 0.6 is 23.2 Å². The molecule has 0 unspecified atom stereocenters. The van der Waals surface area contributed by atoms with Crippen molar-refractivity contribution in [3.05, 3.63) is 52.1 Å². The normalized spacial score (nSPS) is 15.1. The molecule has 1 aromatic carbocycles. The van der Waals surface area contributed by atoms with Gasteiger partial charge >= 0.3 is 0 Å². The van der Waals surface area contributed by atoms with Crippen molar-refractivity contribution in [1.82, 2.24) is 9.88 Å². The average Bonchev–Trinajstić information content (AvgIpc) is 2.64. The Kier molecular flexibility index (Phi) is 6.19. The molecule has 3 rings (SSSR count). The van der Waals surface area contributed by atoms with Crippen molar-refractivity contribution >= 4 is 34.9 Å². The first kappa shape index (κ1) is 18.8. The number of hydrogen-bond acceptors (Lipinski definition) is 5. The molecule has 2 heterocycles. The molecule has 0 saturated carbocycles. The fourth-order valence-corrected chi connectivity index (χ4v) is 3.36. The largest absolute Gasteiger partial charge is 0.491 e. The number of halogens is 2. The van der Waals surface area contributed by atoms with Crippen LogP contribution in [0.25, 0.3) is 0 Å². The predicted octanol–water partition coefficient (Wildman–Crippen LogP) is 2.69. The fourth-order valence-electron chi connectivity index (χ4n) is 2.90. The van der Waals surface area contributed by atoms with Crippen molar-refractivity contribution < 1.29 is 9.53 Å². The Morgan fingerprint density at radius 3 is 2.65 bits per heavy atom. The van der Waals surface area contributed by atoms with Gasteiger partial charge < -0.3 is 15.4 Å². The summed E-state index contributed by atoms with van der Waals surface area (Å²) in [5.74, 6) is 0.835. The summed E-state index contributed by atoms with van der Waals surface area (Å²) in [7, 11) is 0. The molecule has 1 aliphatic rings. The highest BCUT2D eigenvalue weighted by Crippen LogP contribution is 2.27. The van der Waals surface area contributed by atoms with E-state index in [2.05, 4.69) is 14.8 Å². The van der Waals surface area contributed by atoms with Gasteiger partial charge in [-0.05, 0) is 30.3 Å². The van der Waals surface area contributed by atoms with Gasteiger partial charge in [-0.3, -0.25) is 9.69 Å². The number of anilines is 1. The minimum atomic E-state index is -0.455. The Balaban J connectivity index is 1.49. The summed E-state index contributed by atoms with van der Waals surface area (Å²) in [4.78, 5) is 20.3. The number of benzene rings is 1. The Morgan fingerprint density at radius 2 is 1.96 bits per heavy atom. The number of amides is 1. The lowest BCUT2D eigenvalue weighted by Crippen LogP contribution is -2.48. The van der Waals surface area contributed by atoms with Gasteiger partial charge in [-0.1, -0.05) is 23.2 Å². The summed E-state index contributed by atoms with van der Waals surface area (Å²) in [5, 5.41) is 1.10. The summed E-state index contributed by atoms with van der Waals surface area (Å²) >= 11 is 12.0. The van der Waals surface area contributed by atoms with Crippen molar-refractivity contribution in [3.63, 3.8) is 0 Å². The number of rotatable bonds is 6. The summed E-state index contributed by atoms with van der Waals surface area (Å²) < 4.78 is 5.74. The maximum atomic E-state index is 11.6. The van der Waals surface area contributed by atoms with Gasteiger partial charge in [-0.25, -0.2) is 4.98 Å². The first-order chi connectivity index (χ1) is 12.5. The highest BCUT2D eigenvalue weighted by atomic mass is 35.5. The Labute approximate surface area is 162 Å². The van der Waals surface area contributed by atoms with E-state index in [4.69, 9.17) is 33.7 Å². The molecule has 26 heavy (non-hydrogen) atoms. The molecule has 0 aliphatic carbocycles. The van der Waals surface area contributed by atoms with Gasteiger partial charge in [0.2, 0.25) is 0 Å². The van der Waals surface area contributed by atoms with E-state index in [-0.39, 0.29) is 0 Å². The lowest BCUT2D eigenvalue weighted by atomic mass is 10.2. The zero-order valence-electron chi connectivity index (χ0n) is 14.2.